The molecule has 0 saturated heterocycles. The predicted octanol–water partition coefficient (Wildman–Crippen LogP) is 14.9. The van der Waals surface area contributed by atoms with Crippen LogP contribution in [0, 0.1) is 0 Å². The average Bonchev–Trinajstić information content (AvgIpc) is 3.62. The molecule has 10 aromatic rings. The molecule has 9 aromatic carbocycles. The Labute approximate surface area is 314 Å². The standard InChI is InChI=1S/C52H35NO/c1-3-12-36(13-4-1)38-22-24-40(25-23-38)46-18-9-10-20-49(46)53(44-30-26-39(27-31-44)37-14-5-2-6-15-37)45-32-28-41(29-33-45)47-19-11-21-50-52(47)48-34-42-16-7-8-17-43(42)35-51(48)54-50/h1-35H. The third kappa shape index (κ3) is 5.71. The van der Waals surface area contributed by atoms with Gasteiger partial charge in [-0.1, -0.05) is 164 Å². The number of anilines is 3. The highest BCUT2D eigenvalue weighted by atomic mass is 16.3. The number of rotatable bonds is 7. The highest BCUT2D eigenvalue weighted by Gasteiger charge is 2.19. The molecule has 0 unspecified atom stereocenters. The van der Waals surface area contributed by atoms with Crippen molar-refractivity contribution in [1.82, 2.24) is 0 Å². The van der Waals surface area contributed by atoms with Crippen LogP contribution in [0.15, 0.2) is 217 Å². The smallest absolute Gasteiger partial charge is 0.136 e. The van der Waals surface area contributed by atoms with Gasteiger partial charge in [-0.25, -0.2) is 0 Å². The lowest BCUT2D eigenvalue weighted by Gasteiger charge is -2.28. The summed E-state index contributed by atoms with van der Waals surface area (Å²) >= 11 is 0. The van der Waals surface area contributed by atoms with E-state index in [9.17, 15) is 0 Å². The lowest BCUT2D eigenvalue weighted by Crippen LogP contribution is -2.11. The molecule has 0 fully saturated rings. The zero-order valence-corrected chi connectivity index (χ0v) is 29.6. The Bertz CT molecular complexity index is 2890. The van der Waals surface area contributed by atoms with Crippen molar-refractivity contribution >= 4 is 49.8 Å². The van der Waals surface area contributed by atoms with Crippen LogP contribution in [0.3, 0.4) is 0 Å². The van der Waals surface area contributed by atoms with Crippen LogP contribution in [0.5, 0.6) is 0 Å². The molecule has 0 aliphatic carbocycles. The molecule has 0 aliphatic heterocycles. The Kier molecular flexibility index (Phi) is 7.85. The lowest BCUT2D eigenvalue weighted by atomic mass is 9.97. The van der Waals surface area contributed by atoms with E-state index in [-0.39, 0.29) is 0 Å². The van der Waals surface area contributed by atoms with Crippen molar-refractivity contribution in [3.63, 3.8) is 0 Å². The molecule has 0 spiro atoms. The van der Waals surface area contributed by atoms with Crippen molar-refractivity contribution in [3.8, 4) is 44.5 Å². The Morgan fingerprint density at radius 1 is 0.315 bits per heavy atom. The molecule has 2 heteroatoms. The highest BCUT2D eigenvalue weighted by molar-refractivity contribution is 6.15. The Morgan fingerprint density at radius 3 is 1.43 bits per heavy atom. The topological polar surface area (TPSA) is 16.4 Å². The Balaban J connectivity index is 1.09. The van der Waals surface area contributed by atoms with Crippen molar-refractivity contribution in [2.45, 2.75) is 0 Å². The molecule has 1 aromatic heterocycles. The Hall–Kier alpha value is -7.16. The molecule has 54 heavy (non-hydrogen) atoms. The van der Waals surface area contributed by atoms with E-state index in [0.29, 0.717) is 0 Å². The first kappa shape index (κ1) is 31.6. The van der Waals surface area contributed by atoms with E-state index >= 15 is 0 Å². The molecule has 1 heterocycles. The average molecular weight is 690 g/mol. The van der Waals surface area contributed by atoms with Crippen molar-refractivity contribution in [2.75, 3.05) is 4.90 Å². The van der Waals surface area contributed by atoms with E-state index in [1.54, 1.807) is 0 Å². The highest BCUT2D eigenvalue weighted by Crippen LogP contribution is 2.43. The molecule has 0 bridgehead atoms. The minimum absolute atomic E-state index is 0.897. The fraction of sp³-hybridized carbons (Fsp3) is 0. The molecule has 0 radical (unpaired) electrons. The van der Waals surface area contributed by atoms with E-state index in [1.807, 2.05) is 0 Å². The van der Waals surface area contributed by atoms with Gasteiger partial charge >= 0.3 is 0 Å². The number of hydrogen-bond acceptors (Lipinski definition) is 2. The van der Waals surface area contributed by atoms with Gasteiger partial charge in [0, 0.05) is 27.7 Å². The van der Waals surface area contributed by atoms with Gasteiger partial charge in [-0.2, -0.15) is 0 Å². The maximum absolute atomic E-state index is 6.42. The molecular formula is C52H35NO. The summed E-state index contributed by atoms with van der Waals surface area (Å²) in [4.78, 5) is 2.37. The van der Waals surface area contributed by atoms with Crippen molar-refractivity contribution in [2.24, 2.45) is 0 Å². The third-order valence-corrected chi connectivity index (χ3v) is 10.5. The maximum atomic E-state index is 6.42. The zero-order chi connectivity index (χ0) is 35.8. The molecule has 0 amide bonds. The van der Waals surface area contributed by atoms with Crippen molar-refractivity contribution in [1.29, 1.82) is 0 Å². The second kappa shape index (κ2) is 13.4. The molecule has 10 rings (SSSR count). The third-order valence-electron chi connectivity index (χ3n) is 10.5. The van der Waals surface area contributed by atoms with E-state index in [1.165, 1.54) is 38.6 Å². The van der Waals surface area contributed by atoms with Crippen molar-refractivity contribution in [3.05, 3.63) is 212 Å². The minimum atomic E-state index is 0.897. The quantitative estimate of drug-likeness (QED) is 0.166. The van der Waals surface area contributed by atoms with Crippen LogP contribution < -0.4 is 4.90 Å². The van der Waals surface area contributed by atoms with Gasteiger partial charge in [0.2, 0.25) is 0 Å². The summed E-state index contributed by atoms with van der Waals surface area (Å²) in [7, 11) is 0. The van der Waals surface area contributed by atoms with E-state index in [4.69, 9.17) is 4.42 Å². The normalized spacial score (nSPS) is 11.3. The van der Waals surface area contributed by atoms with Gasteiger partial charge in [-0.05, 0) is 98.2 Å². The molecular weight excluding hydrogens is 655 g/mol. The van der Waals surface area contributed by atoms with Gasteiger partial charge < -0.3 is 9.32 Å². The maximum Gasteiger partial charge on any atom is 0.136 e. The summed E-state index contributed by atoms with van der Waals surface area (Å²) in [6.45, 7) is 0. The van der Waals surface area contributed by atoms with Crippen LogP contribution in [-0.4, -0.2) is 0 Å². The number of furan rings is 1. The summed E-state index contributed by atoms with van der Waals surface area (Å²) in [5.41, 5.74) is 14.5. The fourth-order valence-electron chi connectivity index (χ4n) is 7.79. The zero-order valence-electron chi connectivity index (χ0n) is 29.6. The van der Waals surface area contributed by atoms with E-state index in [2.05, 4.69) is 217 Å². The summed E-state index contributed by atoms with van der Waals surface area (Å²) < 4.78 is 6.42. The van der Waals surface area contributed by atoms with Crippen LogP contribution >= 0.6 is 0 Å². The van der Waals surface area contributed by atoms with Crippen LogP contribution in [-0.2, 0) is 0 Å². The number of para-hydroxylation sites is 1. The second-order valence-corrected chi connectivity index (χ2v) is 13.7. The molecule has 0 saturated carbocycles. The van der Waals surface area contributed by atoms with Crippen LogP contribution in [0.1, 0.15) is 0 Å². The number of fused-ring (bicyclic) bond motifs is 4. The van der Waals surface area contributed by atoms with E-state index < -0.39 is 0 Å². The van der Waals surface area contributed by atoms with E-state index in [0.717, 1.165) is 55.7 Å². The first-order valence-electron chi connectivity index (χ1n) is 18.4. The van der Waals surface area contributed by atoms with Crippen molar-refractivity contribution < 1.29 is 4.42 Å². The molecule has 0 aliphatic rings. The van der Waals surface area contributed by atoms with Gasteiger partial charge in [-0.15, -0.1) is 0 Å². The van der Waals surface area contributed by atoms with Gasteiger partial charge in [0.15, 0.2) is 0 Å². The second-order valence-electron chi connectivity index (χ2n) is 13.7. The van der Waals surface area contributed by atoms with Crippen LogP contribution in [0.4, 0.5) is 17.1 Å². The SMILES string of the molecule is c1ccc(-c2ccc(-c3ccccc3N(c3ccc(-c4ccccc4)cc3)c3ccc(-c4cccc5oc6cc7ccccc7cc6c45)cc3)cc2)cc1. The summed E-state index contributed by atoms with van der Waals surface area (Å²) in [6.07, 6.45) is 0. The monoisotopic (exact) mass is 689 g/mol. The van der Waals surface area contributed by atoms with Crippen LogP contribution in [0.2, 0.25) is 0 Å². The molecule has 0 N–H and O–H groups in total. The predicted molar refractivity (Wildman–Crippen MR) is 228 cm³/mol. The summed E-state index contributed by atoms with van der Waals surface area (Å²) in [5, 5.41) is 4.67. The first-order valence-corrected chi connectivity index (χ1v) is 18.4. The number of nitrogens with zero attached hydrogens (tertiary/aromatic N) is 1. The lowest BCUT2D eigenvalue weighted by molar-refractivity contribution is 0.669. The molecule has 254 valence electrons. The van der Waals surface area contributed by atoms with Gasteiger partial charge in [0.1, 0.15) is 11.2 Å². The number of hydrogen-bond donors (Lipinski definition) is 0. The fourth-order valence-corrected chi connectivity index (χ4v) is 7.79. The Morgan fingerprint density at radius 2 is 0.778 bits per heavy atom. The molecule has 2 nitrogen and oxygen atoms in total. The number of benzene rings is 9. The van der Waals surface area contributed by atoms with Gasteiger partial charge in [-0.3, -0.25) is 0 Å². The summed E-state index contributed by atoms with van der Waals surface area (Å²) in [6, 6.07) is 75.9. The van der Waals surface area contributed by atoms with Gasteiger partial charge in [0.25, 0.3) is 0 Å². The minimum Gasteiger partial charge on any atom is -0.456 e. The van der Waals surface area contributed by atoms with Crippen LogP contribution in [0.25, 0.3) is 77.2 Å². The largest absolute Gasteiger partial charge is 0.456 e. The summed E-state index contributed by atoms with van der Waals surface area (Å²) in [5.74, 6) is 0. The first-order chi connectivity index (χ1) is 26.8. The van der Waals surface area contributed by atoms with Gasteiger partial charge in [0.05, 0.1) is 5.69 Å². The molecule has 0 atom stereocenters.